The van der Waals surface area contributed by atoms with Crippen molar-refractivity contribution in [3.05, 3.63) is 94.3 Å². The van der Waals surface area contributed by atoms with Crippen LogP contribution in [-0.4, -0.2) is 42.6 Å². The van der Waals surface area contributed by atoms with Gasteiger partial charge in [0.2, 0.25) is 5.91 Å². The smallest absolute Gasteiger partial charge is 0.293 e. The summed E-state index contributed by atoms with van der Waals surface area (Å²) in [5, 5.41) is 16.2. The van der Waals surface area contributed by atoms with Crippen LogP contribution in [0.1, 0.15) is 33.7 Å². The molecular weight excluding hydrogens is 522 g/mol. The molecule has 0 atom stereocenters. The van der Waals surface area contributed by atoms with Crippen molar-refractivity contribution in [1.29, 1.82) is 0 Å². The van der Waals surface area contributed by atoms with Gasteiger partial charge >= 0.3 is 0 Å². The number of benzene rings is 1. The number of aryl methyl sites for hydroxylation is 2. The van der Waals surface area contributed by atoms with Gasteiger partial charge in [-0.3, -0.25) is 19.3 Å². The number of anilines is 4. The van der Waals surface area contributed by atoms with Crippen molar-refractivity contribution in [1.82, 2.24) is 19.1 Å². The fourth-order valence-corrected chi connectivity index (χ4v) is 5.61. The third-order valence-electron chi connectivity index (χ3n) is 7.54. The predicted octanol–water partition coefficient (Wildman–Crippen LogP) is 3.15. The summed E-state index contributed by atoms with van der Waals surface area (Å²) < 4.78 is 3.52. The highest BCUT2D eigenvalue weighted by Gasteiger charge is 2.33. The third-order valence-corrected chi connectivity index (χ3v) is 7.54. The number of pyridine rings is 1. The Kier molecular flexibility index (Phi) is 6.72. The normalized spacial score (nSPS) is 14.0. The zero-order valence-electron chi connectivity index (χ0n) is 22.6. The summed E-state index contributed by atoms with van der Waals surface area (Å²) in [5.41, 5.74) is 5.26. The lowest BCUT2D eigenvalue weighted by molar-refractivity contribution is -0.111. The number of carbonyl (C=O) groups excluding carboxylic acids is 2. The van der Waals surface area contributed by atoms with E-state index in [1.807, 2.05) is 6.07 Å². The molecule has 0 bridgehead atoms. The number of rotatable bonds is 7. The van der Waals surface area contributed by atoms with Crippen LogP contribution in [-0.2, 0) is 37.8 Å². The Morgan fingerprint density at radius 3 is 2.78 bits per heavy atom. The Morgan fingerprint density at radius 1 is 1.15 bits per heavy atom. The average molecular weight is 552 g/mol. The van der Waals surface area contributed by atoms with Crippen LogP contribution in [0.5, 0.6) is 0 Å². The SMILES string of the molecule is C=CC(=O)Nc1cccc(Nc2nc(-c3ccnc(N4CCn5c(cc6c5CCC6)C4=O)c3CO)cn(C)c2=O)c1. The summed E-state index contributed by atoms with van der Waals surface area (Å²) in [5.74, 6) is -0.0730. The molecule has 0 saturated heterocycles. The molecule has 0 spiro atoms. The van der Waals surface area contributed by atoms with Crippen molar-refractivity contribution in [2.45, 2.75) is 32.4 Å². The summed E-state index contributed by atoms with van der Waals surface area (Å²) in [6.07, 6.45) is 7.42. The van der Waals surface area contributed by atoms with Crippen molar-refractivity contribution in [3.63, 3.8) is 0 Å². The molecule has 1 aromatic carbocycles. The summed E-state index contributed by atoms with van der Waals surface area (Å²) in [7, 11) is 1.61. The van der Waals surface area contributed by atoms with Gasteiger partial charge in [0, 0.05) is 60.7 Å². The summed E-state index contributed by atoms with van der Waals surface area (Å²) >= 11 is 0. The van der Waals surface area contributed by atoms with Gasteiger partial charge in [0.05, 0.1) is 12.3 Å². The maximum atomic E-state index is 13.6. The van der Waals surface area contributed by atoms with Crippen LogP contribution in [0.25, 0.3) is 11.3 Å². The predicted molar refractivity (Wildman–Crippen MR) is 155 cm³/mol. The number of nitrogens with one attached hydrogen (secondary N) is 2. The van der Waals surface area contributed by atoms with Gasteiger partial charge in [-0.15, -0.1) is 0 Å². The Balaban J connectivity index is 1.35. The molecule has 6 rings (SSSR count). The van der Waals surface area contributed by atoms with Crippen molar-refractivity contribution >= 4 is 34.8 Å². The summed E-state index contributed by atoms with van der Waals surface area (Å²) in [6.45, 7) is 4.17. The van der Waals surface area contributed by atoms with Crippen LogP contribution in [0.2, 0.25) is 0 Å². The molecule has 4 aromatic rings. The van der Waals surface area contributed by atoms with Crippen LogP contribution in [0.3, 0.4) is 0 Å². The molecule has 0 fully saturated rings. The van der Waals surface area contributed by atoms with Gasteiger partial charge < -0.3 is 24.9 Å². The van der Waals surface area contributed by atoms with Crippen LogP contribution in [0, 0.1) is 0 Å². The fraction of sp³-hybridized carbons (Fsp3) is 0.233. The van der Waals surface area contributed by atoms with Crippen LogP contribution in [0.15, 0.2) is 66.2 Å². The second-order valence-corrected chi connectivity index (χ2v) is 10.1. The first-order chi connectivity index (χ1) is 19.9. The lowest BCUT2D eigenvalue weighted by Gasteiger charge is -2.30. The largest absolute Gasteiger partial charge is 0.392 e. The molecule has 11 heteroatoms. The number of hydrogen-bond acceptors (Lipinski definition) is 7. The zero-order valence-corrected chi connectivity index (χ0v) is 22.6. The van der Waals surface area contributed by atoms with Gasteiger partial charge in [-0.1, -0.05) is 12.6 Å². The zero-order chi connectivity index (χ0) is 28.7. The molecule has 0 unspecified atom stereocenters. The number of amides is 2. The second-order valence-electron chi connectivity index (χ2n) is 10.1. The lowest BCUT2D eigenvalue weighted by Crippen LogP contribution is -2.41. The van der Waals surface area contributed by atoms with Crippen LogP contribution >= 0.6 is 0 Å². The number of fused-ring (bicyclic) bond motifs is 3. The van der Waals surface area contributed by atoms with E-state index in [0.29, 0.717) is 52.8 Å². The average Bonchev–Trinajstić information content (AvgIpc) is 3.58. The Bertz CT molecular complexity index is 1770. The summed E-state index contributed by atoms with van der Waals surface area (Å²) in [4.78, 5) is 49.0. The maximum Gasteiger partial charge on any atom is 0.293 e. The highest BCUT2D eigenvalue weighted by molar-refractivity contribution is 6.06. The topological polar surface area (TPSA) is 134 Å². The molecule has 3 N–H and O–H groups in total. The number of aromatic nitrogens is 4. The van der Waals surface area contributed by atoms with Crippen LogP contribution in [0.4, 0.5) is 23.0 Å². The number of hydrogen-bond donors (Lipinski definition) is 3. The molecule has 0 saturated carbocycles. The Hall–Kier alpha value is -5.03. The van der Waals surface area contributed by atoms with E-state index >= 15 is 0 Å². The van der Waals surface area contributed by atoms with E-state index < -0.39 is 0 Å². The first-order valence-corrected chi connectivity index (χ1v) is 13.4. The molecule has 11 nitrogen and oxygen atoms in total. The molecule has 0 radical (unpaired) electrons. The minimum Gasteiger partial charge on any atom is -0.392 e. The number of carbonyl (C=O) groups is 2. The van der Waals surface area contributed by atoms with Gasteiger partial charge in [-0.25, -0.2) is 9.97 Å². The van der Waals surface area contributed by atoms with E-state index in [1.165, 1.54) is 21.9 Å². The number of nitrogens with zero attached hydrogens (tertiary/aromatic N) is 5. The van der Waals surface area contributed by atoms with E-state index in [-0.39, 0.29) is 29.8 Å². The quantitative estimate of drug-likeness (QED) is 0.301. The molecule has 2 aliphatic rings. The molecule has 41 heavy (non-hydrogen) atoms. The molecule has 3 aromatic heterocycles. The van der Waals surface area contributed by atoms with Crippen molar-refractivity contribution in [2.75, 3.05) is 22.1 Å². The van der Waals surface area contributed by atoms with Crippen molar-refractivity contribution < 1.29 is 14.7 Å². The van der Waals surface area contributed by atoms with E-state index in [4.69, 9.17) is 0 Å². The maximum absolute atomic E-state index is 13.6. The molecule has 4 heterocycles. The summed E-state index contributed by atoms with van der Waals surface area (Å²) in [6, 6.07) is 10.6. The van der Waals surface area contributed by atoms with Gasteiger partial charge in [-0.2, -0.15) is 0 Å². The highest BCUT2D eigenvalue weighted by atomic mass is 16.3. The minimum atomic E-state index is -0.377. The van der Waals surface area contributed by atoms with Gasteiger partial charge in [-0.05, 0) is 61.2 Å². The van der Waals surface area contributed by atoms with E-state index in [1.54, 1.807) is 54.7 Å². The van der Waals surface area contributed by atoms with Gasteiger partial charge in [0.1, 0.15) is 11.5 Å². The first-order valence-electron chi connectivity index (χ1n) is 13.4. The van der Waals surface area contributed by atoms with Crippen molar-refractivity contribution in [2.24, 2.45) is 7.05 Å². The molecule has 208 valence electrons. The van der Waals surface area contributed by atoms with Gasteiger partial charge in [0.25, 0.3) is 11.5 Å². The Labute approximate surface area is 235 Å². The number of aliphatic hydroxyl groups excluding tert-OH is 1. The minimum absolute atomic E-state index is 0.0563. The standard InChI is InChI=1S/C30H29N7O4/c1-3-26(39)32-19-7-5-8-20(15-19)33-27-30(41)35(2)16-23(34-27)21-10-11-31-28(22(21)17-38)37-13-12-36-24-9-4-6-18(24)14-25(36)29(37)40/h3,5,7-8,10-11,14-16,38H,1,4,6,9,12-13,17H2,2H3,(H,32,39)(H,33,34). The Morgan fingerprint density at radius 2 is 1.98 bits per heavy atom. The molecule has 1 aliphatic heterocycles. The number of aliphatic hydroxyl groups is 1. The highest BCUT2D eigenvalue weighted by Crippen LogP contribution is 2.34. The fourth-order valence-electron chi connectivity index (χ4n) is 5.61. The lowest BCUT2D eigenvalue weighted by atomic mass is 10.1. The van der Waals surface area contributed by atoms with E-state index in [0.717, 1.165) is 19.3 Å². The second kappa shape index (κ2) is 10.5. The first kappa shape index (κ1) is 26.2. The van der Waals surface area contributed by atoms with Crippen LogP contribution < -0.4 is 21.1 Å². The van der Waals surface area contributed by atoms with Crippen molar-refractivity contribution in [3.8, 4) is 11.3 Å². The monoisotopic (exact) mass is 551 g/mol. The third kappa shape index (κ3) is 4.70. The van der Waals surface area contributed by atoms with E-state index in [9.17, 15) is 19.5 Å². The van der Waals surface area contributed by atoms with E-state index in [2.05, 4.69) is 31.7 Å². The van der Waals surface area contributed by atoms with Gasteiger partial charge in [0.15, 0.2) is 5.82 Å². The molecular formula is C30H29N7O4. The molecule has 2 amide bonds. The molecule has 1 aliphatic carbocycles.